The van der Waals surface area contributed by atoms with Crippen molar-refractivity contribution in [2.45, 2.75) is 19.4 Å². The Morgan fingerprint density at radius 2 is 1.95 bits per heavy atom. The molecule has 0 unspecified atom stereocenters. The number of ether oxygens (including phenoxy) is 1. The molecule has 0 saturated carbocycles. The lowest BCUT2D eigenvalue weighted by Gasteiger charge is -2.09. The molecule has 19 heavy (non-hydrogen) atoms. The predicted octanol–water partition coefficient (Wildman–Crippen LogP) is 1.95. The first kappa shape index (κ1) is 11.8. The minimum atomic E-state index is 0.210. The Morgan fingerprint density at radius 3 is 2.68 bits per heavy atom. The Labute approximate surface area is 110 Å². The number of aromatic hydroxyl groups is 1. The maximum Gasteiger partial charge on any atom is 0.266 e. The summed E-state index contributed by atoms with van der Waals surface area (Å²) >= 11 is 0. The summed E-state index contributed by atoms with van der Waals surface area (Å²) in [5, 5.41) is 13.1. The predicted molar refractivity (Wildman–Crippen MR) is 68.2 cm³/mol. The second-order valence-corrected chi connectivity index (χ2v) is 4.46. The van der Waals surface area contributed by atoms with Crippen molar-refractivity contribution in [2.24, 2.45) is 0 Å². The summed E-state index contributed by atoms with van der Waals surface area (Å²) in [5.41, 5.74) is 0. The molecule has 1 aliphatic heterocycles. The average Bonchev–Trinajstić information content (AvgIpc) is 3.09. The van der Waals surface area contributed by atoms with E-state index in [1.165, 1.54) is 12.8 Å². The molecule has 0 aliphatic carbocycles. The van der Waals surface area contributed by atoms with E-state index < -0.39 is 0 Å². The first-order valence-corrected chi connectivity index (χ1v) is 6.30. The Bertz CT molecular complexity index is 532. The first-order valence-electron chi connectivity index (χ1n) is 6.30. The largest absolute Gasteiger partial charge is 0.508 e. The van der Waals surface area contributed by atoms with E-state index in [9.17, 15) is 0 Å². The van der Waals surface area contributed by atoms with Crippen molar-refractivity contribution in [2.75, 3.05) is 18.0 Å². The van der Waals surface area contributed by atoms with E-state index in [1.54, 1.807) is 24.3 Å². The van der Waals surface area contributed by atoms with Crippen molar-refractivity contribution in [3.63, 3.8) is 0 Å². The quantitative estimate of drug-likeness (QED) is 0.907. The molecule has 0 atom stereocenters. The molecule has 1 N–H and O–H groups in total. The van der Waals surface area contributed by atoms with Crippen LogP contribution < -0.4 is 9.64 Å². The molecular formula is C13H15N3O3. The number of anilines is 1. The van der Waals surface area contributed by atoms with Gasteiger partial charge >= 0.3 is 0 Å². The Balaban J connectivity index is 1.59. The summed E-state index contributed by atoms with van der Waals surface area (Å²) in [6.07, 6.45) is 2.35. The van der Waals surface area contributed by atoms with Crippen molar-refractivity contribution in [1.29, 1.82) is 0 Å². The van der Waals surface area contributed by atoms with Gasteiger partial charge < -0.3 is 19.3 Å². The molecule has 1 aromatic carbocycles. The van der Waals surface area contributed by atoms with Crippen LogP contribution >= 0.6 is 0 Å². The van der Waals surface area contributed by atoms with Crippen molar-refractivity contribution < 1.29 is 14.4 Å². The molecule has 3 rings (SSSR count). The minimum Gasteiger partial charge on any atom is -0.508 e. The normalized spacial score (nSPS) is 14.8. The number of hydrogen-bond donors (Lipinski definition) is 1. The summed E-state index contributed by atoms with van der Waals surface area (Å²) < 4.78 is 10.6. The van der Waals surface area contributed by atoms with Crippen LogP contribution in [0.3, 0.4) is 0 Å². The lowest BCUT2D eigenvalue weighted by Crippen LogP contribution is -2.18. The van der Waals surface area contributed by atoms with Crippen LogP contribution in [0.15, 0.2) is 28.8 Å². The second kappa shape index (κ2) is 5.17. The summed E-state index contributed by atoms with van der Waals surface area (Å²) in [6.45, 7) is 2.20. The smallest absolute Gasteiger partial charge is 0.266 e. The molecule has 100 valence electrons. The fourth-order valence-electron chi connectivity index (χ4n) is 2.04. The van der Waals surface area contributed by atoms with Gasteiger partial charge in [-0.1, -0.05) is 0 Å². The van der Waals surface area contributed by atoms with Gasteiger partial charge in [-0.2, -0.15) is 4.98 Å². The summed E-state index contributed by atoms with van der Waals surface area (Å²) in [4.78, 5) is 6.40. The van der Waals surface area contributed by atoms with Gasteiger partial charge in [0.2, 0.25) is 0 Å². The van der Waals surface area contributed by atoms with Gasteiger partial charge in [-0.25, -0.2) is 0 Å². The first-order chi connectivity index (χ1) is 9.31. The molecule has 0 radical (unpaired) electrons. The fourth-order valence-corrected chi connectivity index (χ4v) is 2.04. The monoisotopic (exact) mass is 261 g/mol. The van der Waals surface area contributed by atoms with Gasteiger partial charge in [0.25, 0.3) is 11.8 Å². The van der Waals surface area contributed by atoms with Crippen molar-refractivity contribution in [3.05, 3.63) is 30.2 Å². The van der Waals surface area contributed by atoms with Crippen LogP contribution in [0.1, 0.15) is 18.7 Å². The maximum atomic E-state index is 9.16. The average molecular weight is 261 g/mol. The summed E-state index contributed by atoms with van der Waals surface area (Å²) in [5.74, 6) is 1.96. The lowest BCUT2D eigenvalue weighted by atomic mass is 10.3. The van der Waals surface area contributed by atoms with Gasteiger partial charge in [-0.15, -0.1) is 0 Å². The van der Waals surface area contributed by atoms with Gasteiger partial charge in [0, 0.05) is 13.1 Å². The highest BCUT2D eigenvalue weighted by atomic mass is 16.5. The molecule has 6 nitrogen and oxygen atoms in total. The third-order valence-electron chi connectivity index (χ3n) is 3.05. The Kier molecular flexibility index (Phi) is 3.22. The van der Waals surface area contributed by atoms with Crippen LogP contribution in [0, 0.1) is 0 Å². The van der Waals surface area contributed by atoms with Gasteiger partial charge in [-0.05, 0) is 42.3 Å². The molecule has 2 heterocycles. The highest BCUT2D eigenvalue weighted by Crippen LogP contribution is 2.19. The number of rotatable bonds is 4. The van der Waals surface area contributed by atoms with Crippen LogP contribution in [0.2, 0.25) is 0 Å². The van der Waals surface area contributed by atoms with E-state index >= 15 is 0 Å². The van der Waals surface area contributed by atoms with Crippen molar-refractivity contribution >= 4 is 5.95 Å². The Hall–Kier alpha value is -2.24. The van der Waals surface area contributed by atoms with Crippen LogP contribution in [-0.2, 0) is 6.61 Å². The second-order valence-electron chi connectivity index (χ2n) is 4.46. The third kappa shape index (κ3) is 2.78. The van der Waals surface area contributed by atoms with E-state index in [0.29, 0.717) is 17.6 Å². The van der Waals surface area contributed by atoms with Gasteiger partial charge in [0.1, 0.15) is 11.5 Å². The number of phenols is 1. The molecule has 0 bridgehead atoms. The molecule has 1 saturated heterocycles. The third-order valence-corrected chi connectivity index (χ3v) is 3.05. The molecule has 0 amide bonds. The molecule has 1 aliphatic rings. The van der Waals surface area contributed by atoms with Crippen LogP contribution in [0.5, 0.6) is 11.5 Å². The SMILES string of the molecule is Oc1ccc(OCc2nc(N3CCCC3)no2)cc1. The number of benzene rings is 1. The zero-order valence-electron chi connectivity index (χ0n) is 10.5. The zero-order valence-corrected chi connectivity index (χ0v) is 10.5. The van der Waals surface area contributed by atoms with E-state index in [2.05, 4.69) is 15.0 Å². The Morgan fingerprint density at radius 1 is 1.21 bits per heavy atom. The minimum absolute atomic E-state index is 0.210. The summed E-state index contributed by atoms with van der Waals surface area (Å²) in [7, 11) is 0. The van der Waals surface area contributed by atoms with Gasteiger partial charge in [-0.3, -0.25) is 0 Å². The molecule has 6 heteroatoms. The number of aromatic nitrogens is 2. The molecule has 0 spiro atoms. The highest BCUT2D eigenvalue weighted by Gasteiger charge is 2.18. The number of nitrogens with zero attached hydrogens (tertiary/aromatic N) is 3. The number of phenolic OH excluding ortho intramolecular Hbond substituents is 1. The van der Waals surface area contributed by atoms with Crippen molar-refractivity contribution in [1.82, 2.24) is 10.1 Å². The topological polar surface area (TPSA) is 71.6 Å². The molecular weight excluding hydrogens is 246 g/mol. The van der Waals surface area contributed by atoms with E-state index in [1.807, 2.05) is 0 Å². The van der Waals surface area contributed by atoms with Crippen LogP contribution in [-0.4, -0.2) is 28.3 Å². The number of hydrogen-bond acceptors (Lipinski definition) is 6. The molecule has 2 aromatic rings. The summed E-state index contributed by atoms with van der Waals surface area (Å²) in [6, 6.07) is 6.51. The van der Waals surface area contributed by atoms with E-state index in [0.717, 1.165) is 13.1 Å². The van der Waals surface area contributed by atoms with E-state index in [-0.39, 0.29) is 12.4 Å². The fraction of sp³-hybridized carbons (Fsp3) is 0.385. The van der Waals surface area contributed by atoms with Crippen LogP contribution in [0.4, 0.5) is 5.95 Å². The van der Waals surface area contributed by atoms with Crippen molar-refractivity contribution in [3.8, 4) is 11.5 Å². The van der Waals surface area contributed by atoms with Gasteiger partial charge in [0.15, 0.2) is 6.61 Å². The highest BCUT2D eigenvalue weighted by molar-refractivity contribution is 5.30. The van der Waals surface area contributed by atoms with E-state index in [4.69, 9.17) is 14.4 Å². The van der Waals surface area contributed by atoms with Crippen LogP contribution in [0.25, 0.3) is 0 Å². The zero-order chi connectivity index (χ0) is 13.1. The molecule has 1 fully saturated rings. The van der Waals surface area contributed by atoms with Gasteiger partial charge in [0.05, 0.1) is 0 Å². The maximum absolute atomic E-state index is 9.16. The lowest BCUT2D eigenvalue weighted by molar-refractivity contribution is 0.242. The standard InChI is InChI=1S/C13H15N3O3/c17-10-3-5-11(6-4-10)18-9-12-14-13(15-19-12)16-7-1-2-8-16/h3-6,17H,1-2,7-9H2. The molecule has 1 aromatic heterocycles.